The molecule has 0 bridgehead atoms. The van der Waals surface area contributed by atoms with Crippen molar-refractivity contribution in [1.29, 1.82) is 0 Å². The molecule has 0 amide bonds. The number of carbonyl (C=O) groups excluding carboxylic acids is 1. The number of methoxy groups -OCH3 is 2. The van der Waals surface area contributed by atoms with Crippen molar-refractivity contribution in [3.05, 3.63) is 75.9 Å². The van der Waals surface area contributed by atoms with Gasteiger partial charge in [0, 0.05) is 17.7 Å². The van der Waals surface area contributed by atoms with Crippen LogP contribution in [0.4, 0.5) is 0 Å². The first-order chi connectivity index (χ1) is 25.8. The zero-order valence-electron chi connectivity index (χ0n) is 28.6. The molecule has 0 saturated carbocycles. The second-order valence-corrected chi connectivity index (χ2v) is 12.6. The molecule has 9 N–H and O–H groups in total. The molecule has 3 aromatic carbocycles. The van der Waals surface area contributed by atoms with Crippen LogP contribution in [0.3, 0.4) is 0 Å². The molecular weight excluding hydrogens is 720 g/mol. The third kappa shape index (κ3) is 7.26. The van der Waals surface area contributed by atoms with Gasteiger partial charge in [0.15, 0.2) is 23.2 Å². The van der Waals surface area contributed by atoms with E-state index in [4.69, 9.17) is 32.8 Å². The number of fused-ring (bicyclic) bond motifs is 1. The predicted molar refractivity (Wildman–Crippen MR) is 181 cm³/mol. The van der Waals surface area contributed by atoms with Crippen LogP contribution in [0.15, 0.2) is 63.8 Å². The summed E-state index contributed by atoms with van der Waals surface area (Å²) < 4.78 is 39.2. The van der Waals surface area contributed by atoms with Gasteiger partial charge in [-0.15, -0.1) is 0 Å². The van der Waals surface area contributed by atoms with Gasteiger partial charge in [0.05, 0.1) is 32.0 Å². The Bertz CT molecular complexity index is 2030. The number of benzene rings is 3. The van der Waals surface area contributed by atoms with E-state index in [9.17, 15) is 55.5 Å². The number of carbonyl (C=O) groups is 1. The van der Waals surface area contributed by atoms with Crippen LogP contribution in [-0.4, -0.2) is 134 Å². The minimum Gasteiger partial charge on any atom is -0.508 e. The molecule has 1 aromatic heterocycles. The van der Waals surface area contributed by atoms with E-state index in [1.54, 1.807) is 0 Å². The first kappa shape index (κ1) is 38.7. The van der Waals surface area contributed by atoms with E-state index in [0.29, 0.717) is 5.56 Å². The Hall–Kier alpha value is -5.02. The van der Waals surface area contributed by atoms with Crippen molar-refractivity contribution in [2.24, 2.45) is 0 Å². The topological polar surface area (TPSA) is 285 Å². The van der Waals surface area contributed by atoms with Gasteiger partial charge in [-0.05, 0) is 42.5 Å². The molecule has 10 atom stereocenters. The van der Waals surface area contributed by atoms with Gasteiger partial charge in [-0.25, -0.2) is 4.79 Å². The van der Waals surface area contributed by atoms with Crippen molar-refractivity contribution >= 4 is 16.9 Å². The summed E-state index contributed by atoms with van der Waals surface area (Å²) >= 11 is 0. The highest BCUT2D eigenvalue weighted by atomic mass is 16.7. The number of aliphatic hydroxyl groups is 6. The average Bonchev–Trinajstić information content (AvgIpc) is 3.16. The maximum atomic E-state index is 13.5. The van der Waals surface area contributed by atoms with Gasteiger partial charge < -0.3 is 78.8 Å². The summed E-state index contributed by atoms with van der Waals surface area (Å²) in [6, 6.07) is 11.8. The smallest absolute Gasteiger partial charge is 0.338 e. The first-order valence-corrected chi connectivity index (χ1v) is 16.5. The van der Waals surface area contributed by atoms with Gasteiger partial charge in [0.25, 0.3) is 0 Å². The Morgan fingerprint density at radius 2 is 1.46 bits per heavy atom. The fourth-order valence-corrected chi connectivity index (χ4v) is 6.35. The molecule has 2 aliphatic heterocycles. The molecule has 0 unspecified atom stereocenters. The van der Waals surface area contributed by atoms with Crippen LogP contribution in [0.5, 0.6) is 28.7 Å². The number of phenols is 3. The lowest BCUT2D eigenvalue weighted by Crippen LogP contribution is -2.63. The van der Waals surface area contributed by atoms with Gasteiger partial charge in [0.1, 0.15) is 95.5 Å². The lowest BCUT2D eigenvalue weighted by atomic mass is 9.89. The van der Waals surface area contributed by atoms with Crippen molar-refractivity contribution in [2.75, 3.05) is 27.4 Å². The van der Waals surface area contributed by atoms with E-state index < -0.39 is 91.6 Å². The van der Waals surface area contributed by atoms with Crippen molar-refractivity contribution in [1.82, 2.24) is 0 Å². The Kier molecular flexibility index (Phi) is 11.3. The number of hydrogen-bond donors (Lipinski definition) is 9. The summed E-state index contributed by atoms with van der Waals surface area (Å²) in [5.74, 6) is -2.04. The number of ether oxygens (including phenoxy) is 6. The molecule has 4 aromatic rings. The molecule has 0 spiro atoms. The third-order valence-electron chi connectivity index (χ3n) is 9.27. The number of esters is 1. The Labute approximate surface area is 305 Å². The highest BCUT2D eigenvalue weighted by Gasteiger charge is 2.52. The van der Waals surface area contributed by atoms with E-state index >= 15 is 0 Å². The van der Waals surface area contributed by atoms with Crippen LogP contribution in [0.2, 0.25) is 0 Å². The van der Waals surface area contributed by atoms with Gasteiger partial charge in [-0.2, -0.15) is 0 Å². The van der Waals surface area contributed by atoms with E-state index in [1.165, 1.54) is 62.8 Å². The van der Waals surface area contributed by atoms with Crippen LogP contribution in [0.1, 0.15) is 22.0 Å². The molecule has 2 aliphatic rings. The van der Waals surface area contributed by atoms with Crippen molar-refractivity contribution < 1.29 is 83.6 Å². The fourth-order valence-electron chi connectivity index (χ4n) is 6.35. The van der Waals surface area contributed by atoms with Crippen LogP contribution in [0, 0.1) is 0 Å². The van der Waals surface area contributed by atoms with Crippen LogP contribution in [0.25, 0.3) is 22.3 Å². The summed E-state index contributed by atoms with van der Waals surface area (Å²) in [6.07, 6.45) is -18.0. The predicted octanol–water partition coefficient (Wildman–Crippen LogP) is -0.202. The Morgan fingerprint density at radius 3 is 2.13 bits per heavy atom. The molecular formula is C36H38O18. The van der Waals surface area contributed by atoms with E-state index in [0.717, 1.165) is 6.07 Å². The highest BCUT2D eigenvalue weighted by molar-refractivity contribution is 5.90. The van der Waals surface area contributed by atoms with Gasteiger partial charge in [-0.3, -0.25) is 4.79 Å². The van der Waals surface area contributed by atoms with Crippen molar-refractivity contribution in [2.45, 2.75) is 61.2 Å². The van der Waals surface area contributed by atoms with Gasteiger partial charge in [-0.1, -0.05) is 0 Å². The second-order valence-electron chi connectivity index (χ2n) is 12.6. The lowest BCUT2D eigenvalue weighted by Gasteiger charge is -2.46. The molecule has 18 heteroatoms. The number of phenolic OH excluding ortho intramolecular Hbond substituents is 3. The maximum Gasteiger partial charge on any atom is 0.338 e. The number of aromatic hydroxyl groups is 3. The lowest BCUT2D eigenvalue weighted by molar-refractivity contribution is -0.342. The largest absolute Gasteiger partial charge is 0.508 e. The summed E-state index contributed by atoms with van der Waals surface area (Å²) in [4.78, 5) is 26.2. The number of hydrogen-bond acceptors (Lipinski definition) is 18. The van der Waals surface area contributed by atoms with Gasteiger partial charge in [0.2, 0.25) is 0 Å². The quantitative estimate of drug-likeness (QED) is 0.0947. The molecule has 290 valence electrons. The van der Waals surface area contributed by atoms with Crippen molar-refractivity contribution in [3.63, 3.8) is 0 Å². The van der Waals surface area contributed by atoms with E-state index in [2.05, 4.69) is 0 Å². The zero-order valence-corrected chi connectivity index (χ0v) is 28.6. The summed E-state index contributed by atoms with van der Waals surface area (Å²) in [5.41, 5.74) is -0.781. The minimum absolute atomic E-state index is 0.0207. The molecule has 54 heavy (non-hydrogen) atoms. The molecule has 0 radical (unpaired) electrons. The monoisotopic (exact) mass is 758 g/mol. The van der Waals surface area contributed by atoms with E-state index in [1.807, 2.05) is 0 Å². The number of rotatable bonds is 10. The minimum atomic E-state index is -2.01. The highest BCUT2D eigenvalue weighted by Crippen LogP contribution is 2.46. The van der Waals surface area contributed by atoms with Crippen LogP contribution >= 0.6 is 0 Å². The second kappa shape index (κ2) is 15.8. The molecule has 2 saturated heterocycles. The summed E-state index contributed by atoms with van der Waals surface area (Å²) in [6.45, 7) is -1.53. The summed E-state index contributed by atoms with van der Waals surface area (Å²) in [7, 11) is 2.49. The zero-order chi connectivity index (χ0) is 39.0. The maximum absolute atomic E-state index is 13.5. The summed E-state index contributed by atoms with van der Waals surface area (Å²) in [5, 5.41) is 95.2. The molecule has 0 aliphatic carbocycles. The third-order valence-corrected chi connectivity index (χ3v) is 9.27. The van der Waals surface area contributed by atoms with Crippen molar-refractivity contribution in [3.8, 4) is 40.1 Å². The number of aliphatic hydroxyl groups excluding tert-OH is 6. The first-order valence-electron chi connectivity index (χ1n) is 16.5. The molecule has 2 fully saturated rings. The molecule has 18 nitrogen and oxygen atoms in total. The molecule has 3 heterocycles. The van der Waals surface area contributed by atoms with Crippen LogP contribution < -0.4 is 14.9 Å². The van der Waals surface area contributed by atoms with Gasteiger partial charge >= 0.3 is 5.97 Å². The Morgan fingerprint density at radius 1 is 0.778 bits per heavy atom. The van der Waals surface area contributed by atoms with E-state index in [-0.39, 0.29) is 50.9 Å². The fraction of sp³-hybridized carbons (Fsp3) is 0.389. The standard InChI is InChI=1S/C36H38O18/c1-48-20-9-15(5-8-17(20)39)35(47)50-13-24-28(42)30(44)32(46)36(53-24)54-34-31(45)27(41)23(12-37)52-33(34)26-21(49-2)11-22-25(29(26)43)18(40)10-19(51-22)14-3-6-16(38)7-4-14/h3-11,23-24,27-28,30-34,36-39,41-46H,12-13H2,1-2H3/t23-,24-,27-,28-,30+,31+,32-,33+,34-,36+/m1/s1. The average molecular weight is 759 g/mol. The van der Waals surface area contributed by atoms with Crippen LogP contribution in [-0.2, 0) is 18.9 Å². The molecule has 6 rings (SSSR count). The normalized spacial score (nSPS) is 28.4. The Balaban J connectivity index is 1.32. The SMILES string of the molecule is COc1cc(C(=O)OC[C@H]2O[C@@H](O[C@@H]3[C@@H](O)[C@H](O)[C@@H](CO)O[C@H]3c3c(OC)cc4oc(-c5ccc(O)cc5)cc(=O)c4c3O)[C@H](O)[C@@H](O)[C@@H]2O)ccc1O.